The highest BCUT2D eigenvalue weighted by molar-refractivity contribution is 7.85. The van der Waals surface area contributed by atoms with Crippen molar-refractivity contribution in [3.05, 3.63) is 29.6 Å². The molecule has 94 valence electrons. The molecule has 0 unspecified atom stereocenters. The first kappa shape index (κ1) is 12.5. The third-order valence-electron chi connectivity index (χ3n) is 2.75. The van der Waals surface area contributed by atoms with E-state index in [0.29, 0.717) is 12.3 Å². The molecule has 0 spiro atoms. The minimum absolute atomic E-state index is 0.239. The number of hydrogen-bond donors (Lipinski definition) is 0. The third-order valence-corrected chi connectivity index (χ3v) is 3.35. The topological polar surface area (TPSA) is 56.3 Å². The Bertz CT molecular complexity index is 463. The van der Waals surface area contributed by atoms with Crippen LogP contribution in [0.5, 0.6) is 0 Å². The molecule has 1 aliphatic carbocycles. The lowest BCUT2D eigenvalue weighted by Gasteiger charge is -2.03. The molecular weight excluding hydrogens is 238 g/mol. The van der Waals surface area contributed by atoms with Crippen molar-refractivity contribution < 1.29 is 12.6 Å². The van der Waals surface area contributed by atoms with E-state index in [-0.39, 0.29) is 6.61 Å². The Morgan fingerprint density at radius 1 is 1.41 bits per heavy atom. The zero-order chi connectivity index (χ0) is 12.3. The minimum Gasteiger partial charge on any atom is -0.270 e. The lowest BCUT2D eigenvalue weighted by molar-refractivity contribution is 0.316. The Morgan fingerprint density at radius 3 is 2.71 bits per heavy atom. The molecular formula is C12H17NO3S. The highest BCUT2D eigenvalue weighted by atomic mass is 32.2. The van der Waals surface area contributed by atoms with E-state index in [2.05, 4.69) is 21.3 Å². The average Bonchev–Trinajstić information content (AvgIpc) is 3.08. The molecule has 5 heteroatoms. The van der Waals surface area contributed by atoms with Crippen molar-refractivity contribution in [3.63, 3.8) is 0 Å². The lowest BCUT2D eigenvalue weighted by atomic mass is 10.1. The fourth-order valence-electron chi connectivity index (χ4n) is 1.69. The van der Waals surface area contributed by atoms with E-state index in [1.807, 2.05) is 6.20 Å². The molecule has 1 aromatic rings. The zero-order valence-electron chi connectivity index (χ0n) is 9.93. The molecule has 17 heavy (non-hydrogen) atoms. The number of rotatable bonds is 6. The van der Waals surface area contributed by atoms with E-state index >= 15 is 0 Å². The van der Waals surface area contributed by atoms with Crippen LogP contribution in [0.3, 0.4) is 0 Å². The fraction of sp³-hybridized carbons (Fsp3) is 0.583. The highest BCUT2D eigenvalue weighted by Crippen LogP contribution is 2.38. The summed E-state index contributed by atoms with van der Waals surface area (Å²) in [5.41, 5.74) is 2.31. The van der Waals surface area contributed by atoms with Crippen LogP contribution in [0, 0.1) is 0 Å². The maximum Gasteiger partial charge on any atom is 0.264 e. The van der Waals surface area contributed by atoms with Gasteiger partial charge in [0.2, 0.25) is 0 Å². The second kappa shape index (κ2) is 5.14. The Balaban J connectivity index is 1.75. The quantitative estimate of drug-likeness (QED) is 0.575. The number of aryl methyl sites for hydroxylation is 1. The van der Waals surface area contributed by atoms with Gasteiger partial charge in [-0.2, -0.15) is 8.42 Å². The van der Waals surface area contributed by atoms with Gasteiger partial charge in [-0.15, -0.1) is 0 Å². The summed E-state index contributed by atoms with van der Waals surface area (Å²) < 4.78 is 26.1. The van der Waals surface area contributed by atoms with Crippen molar-refractivity contribution in [1.82, 2.24) is 4.98 Å². The molecule has 1 saturated carbocycles. The largest absolute Gasteiger partial charge is 0.270 e. The summed E-state index contributed by atoms with van der Waals surface area (Å²) in [7, 11) is -3.30. The van der Waals surface area contributed by atoms with Gasteiger partial charge in [0.05, 0.1) is 12.9 Å². The summed E-state index contributed by atoms with van der Waals surface area (Å²) in [6.07, 6.45) is 6.96. The minimum atomic E-state index is -3.30. The molecule has 0 bridgehead atoms. The van der Waals surface area contributed by atoms with E-state index in [1.54, 1.807) is 0 Å². The van der Waals surface area contributed by atoms with Gasteiger partial charge in [-0.05, 0) is 37.3 Å². The molecule has 1 aliphatic rings. The van der Waals surface area contributed by atoms with Gasteiger partial charge in [0, 0.05) is 17.8 Å². The van der Waals surface area contributed by atoms with Crippen molar-refractivity contribution in [2.45, 2.75) is 31.6 Å². The smallest absolute Gasteiger partial charge is 0.264 e. The van der Waals surface area contributed by atoms with Gasteiger partial charge < -0.3 is 0 Å². The predicted octanol–water partition coefficient (Wildman–Crippen LogP) is 1.87. The average molecular weight is 255 g/mol. The second-order valence-corrected chi connectivity index (χ2v) is 6.14. The fourth-order valence-corrected chi connectivity index (χ4v) is 2.11. The van der Waals surface area contributed by atoms with Crippen molar-refractivity contribution in [2.24, 2.45) is 0 Å². The van der Waals surface area contributed by atoms with Gasteiger partial charge in [0.25, 0.3) is 10.1 Å². The predicted molar refractivity (Wildman–Crippen MR) is 65.3 cm³/mol. The summed E-state index contributed by atoms with van der Waals surface area (Å²) in [5, 5.41) is 0. The molecule has 1 heterocycles. The molecule has 4 nitrogen and oxygen atoms in total. The Kier molecular flexibility index (Phi) is 3.79. The van der Waals surface area contributed by atoms with Crippen LogP contribution >= 0.6 is 0 Å². The third kappa shape index (κ3) is 4.44. The maximum absolute atomic E-state index is 10.7. The van der Waals surface area contributed by atoms with Gasteiger partial charge in [0.1, 0.15) is 0 Å². The number of hydrogen-bond acceptors (Lipinski definition) is 4. The first-order valence-corrected chi connectivity index (χ1v) is 7.65. The summed E-state index contributed by atoms with van der Waals surface area (Å²) >= 11 is 0. The van der Waals surface area contributed by atoms with Crippen LogP contribution in [-0.2, 0) is 20.7 Å². The van der Waals surface area contributed by atoms with Crippen LogP contribution in [0.4, 0.5) is 0 Å². The molecule has 1 aromatic heterocycles. The first-order chi connectivity index (χ1) is 8.04. The van der Waals surface area contributed by atoms with E-state index in [1.165, 1.54) is 18.5 Å². The molecule has 0 aromatic carbocycles. The van der Waals surface area contributed by atoms with Gasteiger partial charge in [-0.1, -0.05) is 6.07 Å². The Hall–Kier alpha value is -0.940. The van der Waals surface area contributed by atoms with Gasteiger partial charge in [-0.3, -0.25) is 9.17 Å². The standard InChI is InChI=1S/C12H17NO3S/c1-17(14,15)16-8-2-3-10-4-7-12(13-9-10)11-5-6-11/h4,7,9,11H,2-3,5-6,8H2,1H3. The van der Waals surface area contributed by atoms with Crippen molar-refractivity contribution in [1.29, 1.82) is 0 Å². The second-order valence-electron chi connectivity index (χ2n) is 4.50. The molecule has 0 amide bonds. The summed E-state index contributed by atoms with van der Waals surface area (Å²) in [6.45, 7) is 0.239. The summed E-state index contributed by atoms with van der Waals surface area (Å²) in [4.78, 5) is 4.41. The molecule has 0 atom stereocenters. The summed E-state index contributed by atoms with van der Waals surface area (Å²) in [5.74, 6) is 0.678. The summed E-state index contributed by atoms with van der Waals surface area (Å²) in [6, 6.07) is 4.14. The van der Waals surface area contributed by atoms with E-state index < -0.39 is 10.1 Å². The van der Waals surface area contributed by atoms with Crippen LogP contribution in [0.1, 0.15) is 36.4 Å². The van der Waals surface area contributed by atoms with Crippen molar-refractivity contribution in [2.75, 3.05) is 12.9 Å². The number of aromatic nitrogens is 1. The lowest BCUT2D eigenvalue weighted by Crippen LogP contribution is -2.05. The van der Waals surface area contributed by atoms with Crippen LogP contribution < -0.4 is 0 Å². The molecule has 0 saturated heterocycles. The highest BCUT2D eigenvalue weighted by Gasteiger charge is 2.24. The molecule has 2 rings (SSSR count). The van der Waals surface area contributed by atoms with E-state index in [4.69, 9.17) is 0 Å². The molecule has 1 fully saturated rings. The Labute approximate surface area is 102 Å². The zero-order valence-corrected chi connectivity index (χ0v) is 10.7. The van der Waals surface area contributed by atoms with Crippen LogP contribution in [0.2, 0.25) is 0 Å². The van der Waals surface area contributed by atoms with Crippen LogP contribution in [-0.4, -0.2) is 26.3 Å². The van der Waals surface area contributed by atoms with Crippen LogP contribution in [0.15, 0.2) is 18.3 Å². The molecule has 0 N–H and O–H groups in total. The molecule has 0 aliphatic heterocycles. The first-order valence-electron chi connectivity index (χ1n) is 5.84. The van der Waals surface area contributed by atoms with Gasteiger partial charge in [0.15, 0.2) is 0 Å². The maximum atomic E-state index is 10.7. The SMILES string of the molecule is CS(=O)(=O)OCCCc1ccc(C2CC2)nc1. The number of nitrogens with zero attached hydrogens (tertiary/aromatic N) is 1. The monoisotopic (exact) mass is 255 g/mol. The van der Waals surface area contributed by atoms with E-state index in [0.717, 1.165) is 18.2 Å². The number of pyridine rings is 1. The van der Waals surface area contributed by atoms with Gasteiger partial charge >= 0.3 is 0 Å². The normalized spacial score (nSPS) is 16.1. The van der Waals surface area contributed by atoms with Crippen molar-refractivity contribution in [3.8, 4) is 0 Å². The van der Waals surface area contributed by atoms with Gasteiger partial charge in [-0.25, -0.2) is 0 Å². The van der Waals surface area contributed by atoms with Crippen LogP contribution in [0.25, 0.3) is 0 Å². The van der Waals surface area contributed by atoms with E-state index in [9.17, 15) is 8.42 Å². The Morgan fingerprint density at radius 2 is 2.18 bits per heavy atom. The molecule has 0 radical (unpaired) electrons. The van der Waals surface area contributed by atoms with Crippen molar-refractivity contribution >= 4 is 10.1 Å².